The summed E-state index contributed by atoms with van der Waals surface area (Å²) in [6, 6.07) is 4.01. The van der Waals surface area contributed by atoms with Gasteiger partial charge in [0.15, 0.2) is 0 Å². The molecule has 15 heavy (non-hydrogen) atoms. The van der Waals surface area contributed by atoms with Gasteiger partial charge in [-0.25, -0.2) is 0 Å². The first-order valence-electron chi connectivity index (χ1n) is 4.85. The second-order valence-corrected chi connectivity index (χ2v) is 3.60. The molecular formula is C11H13N3O. The van der Waals surface area contributed by atoms with Crippen LogP contribution in [0.2, 0.25) is 0 Å². The average molecular weight is 203 g/mol. The Hall–Kier alpha value is -1.84. The summed E-state index contributed by atoms with van der Waals surface area (Å²) in [6.45, 7) is 0. The van der Waals surface area contributed by atoms with Crippen LogP contribution in [-0.2, 0) is 18.3 Å². The van der Waals surface area contributed by atoms with Crippen LogP contribution in [-0.4, -0.2) is 15.5 Å². The number of nitrogens with zero attached hydrogens (tertiary/aromatic N) is 2. The van der Waals surface area contributed by atoms with Crippen LogP contribution in [0.4, 0.5) is 0 Å². The minimum absolute atomic E-state index is 0.265. The quantitative estimate of drug-likeness (QED) is 0.808. The van der Waals surface area contributed by atoms with E-state index in [1.54, 1.807) is 6.20 Å². The lowest BCUT2D eigenvalue weighted by atomic mass is 10.2. The van der Waals surface area contributed by atoms with Gasteiger partial charge in [0.2, 0.25) is 5.91 Å². The van der Waals surface area contributed by atoms with E-state index in [9.17, 15) is 4.79 Å². The number of aromatic nitrogens is 2. The van der Waals surface area contributed by atoms with Crippen molar-refractivity contribution < 1.29 is 4.79 Å². The number of carbonyl (C=O) groups excluding carboxylic acids is 1. The van der Waals surface area contributed by atoms with Gasteiger partial charge in [0.1, 0.15) is 0 Å². The standard InChI is InChI=1S/C11H13N3O/c1-14-9(2-3-11(12)15)6-8-7-13-5-4-10(8)14/h4-7H,2-3H2,1H3,(H2,12,15). The van der Waals surface area contributed by atoms with Gasteiger partial charge in [-0.3, -0.25) is 9.78 Å². The van der Waals surface area contributed by atoms with E-state index in [2.05, 4.69) is 9.55 Å². The van der Waals surface area contributed by atoms with Crippen LogP contribution in [0.5, 0.6) is 0 Å². The van der Waals surface area contributed by atoms with E-state index in [-0.39, 0.29) is 5.91 Å². The Morgan fingerprint density at radius 1 is 1.60 bits per heavy atom. The number of primary amides is 1. The fraction of sp³-hybridized carbons (Fsp3) is 0.273. The van der Waals surface area contributed by atoms with Crippen LogP contribution in [0.25, 0.3) is 10.9 Å². The summed E-state index contributed by atoms with van der Waals surface area (Å²) in [5.41, 5.74) is 7.36. The fourth-order valence-electron chi connectivity index (χ4n) is 1.74. The zero-order valence-corrected chi connectivity index (χ0v) is 8.60. The van der Waals surface area contributed by atoms with Crippen LogP contribution in [0.3, 0.4) is 0 Å². The van der Waals surface area contributed by atoms with Crippen LogP contribution in [0.15, 0.2) is 24.5 Å². The lowest BCUT2D eigenvalue weighted by Gasteiger charge is -2.01. The smallest absolute Gasteiger partial charge is 0.217 e. The summed E-state index contributed by atoms with van der Waals surface area (Å²) in [4.78, 5) is 14.8. The highest BCUT2D eigenvalue weighted by Gasteiger charge is 2.06. The monoisotopic (exact) mass is 203 g/mol. The van der Waals surface area contributed by atoms with Crippen molar-refractivity contribution in [1.82, 2.24) is 9.55 Å². The summed E-state index contributed by atoms with van der Waals surface area (Å²) < 4.78 is 2.07. The molecule has 4 heteroatoms. The molecule has 0 atom stereocenters. The second kappa shape index (κ2) is 3.73. The molecule has 78 valence electrons. The maximum absolute atomic E-state index is 10.7. The largest absolute Gasteiger partial charge is 0.370 e. The number of amides is 1. The molecule has 0 radical (unpaired) electrons. The number of rotatable bonds is 3. The van der Waals surface area contributed by atoms with Gasteiger partial charge in [-0.2, -0.15) is 0 Å². The lowest BCUT2D eigenvalue weighted by molar-refractivity contribution is -0.118. The van der Waals surface area contributed by atoms with E-state index < -0.39 is 0 Å². The molecule has 2 aromatic heterocycles. The number of hydrogen-bond donors (Lipinski definition) is 1. The van der Waals surface area contributed by atoms with E-state index in [0.717, 1.165) is 16.6 Å². The summed E-state index contributed by atoms with van der Waals surface area (Å²) in [6.07, 6.45) is 4.65. The summed E-state index contributed by atoms with van der Waals surface area (Å²) in [5, 5.41) is 1.10. The molecule has 0 saturated heterocycles. The third-order valence-electron chi connectivity index (χ3n) is 2.57. The highest BCUT2D eigenvalue weighted by Crippen LogP contribution is 2.18. The first-order chi connectivity index (χ1) is 7.18. The predicted octanol–water partition coefficient (Wildman–Crippen LogP) is 0.991. The first-order valence-corrected chi connectivity index (χ1v) is 4.85. The molecule has 0 fully saturated rings. The van der Waals surface area contributed by atoms with E-state index in [1.165, 1.54) is 0 Å². The molecule has 0 aliphatic carbocycles. The summed E-state index contributed by atoms with van der Waals surface area (Å²) >= 11 is 0. The molecular weight excluding hydrogens is 190 g/mol. The molecule has 0 aromatic carbocycles. The maximum atomic E-state index is 10.7. The van der Waals surface area contributed by atoms with E-state index >= 15 is 0 Å². The van der Waals surface area contributed by atoms with Gasteiger partial charge in [0, 0.05) is 36.9 Å². The number of fused-ring (bicyclic) bond motifs is 1. The minimum atomic E-state index is -0.265. The Morgan fingerprint density at radius 3 is 3.07 bits per heavy atom. The van der Waals surface area contributed by atoms with Crippen LogP contribution >= 0.6 is 0 Å². The molecule has 0 unspecified atom stereocenters. The van der Waals surface area contributed by atoms with E-state index in [4.69, 9.17) is 5.73 Å². The molecule has 4 nitrogen and oxygen atoms in total. The number of pyridine rings is 1. The number of carbonyl (C=O) groups is 1. The summed E-state index contributed by atoms with van der Waals surface area (Å²) in [5.74, 6) is -0.265. The third kappa shape index (κ3) is 1.83. The second-order valence-electron chi connectivity index (χ2n) is 3.60. The van der Waals surface area contributed by atoms with Gasteiger partial charge in [-0.1, -0.05) is 0 Å². The molecule has 0 spiro atoms. The Balaban J connectivity index is 2.36. The Bertz CT molecular complexity index is 502. The average Bonchev–Trinajstić information content (AvgIpc) is 2.54. The topological polar surface area (TPSA) is 60.9 Å². The molecule has 0 aliphatic rings. The van der Waals surface area contributed by atoms with Crippen molar-refractivity contribution in [2.75, 3.05) is 0 Å². The van der Waals surface area contributed by atoms with Gasteiger partial charge in [0.05, 0.1) is 5.52 Å². The molecule has 0 saturated carbocycles. The molecule has 2 heterocycles. The van der Waals surface area contributed by atoms with Crippen molar-refractivity contribution in [1.29, 1.82) is 0 Å². The molecule has 1 amide bonds. The van der Waals surface area contributed by atoms with Crippen molar-refractivity contribution >= 4 is 16.8 Å². The summed E-state index contributed by atoms with van der Waals surface area (Å²) in [7, 11) is 1.98. The molecule has 2 N–H and O–H groups in total. The van der Waals surface area contributed by atoms with E-state index in [0.29, 0.717) is 12.8 Å². The maximum Gasteiger partial charge on any atom is 0.217 e. The Labute approximate surface area is 87.7 Å². The molecule has 0 bridgehead atoms. The molecule has 0 aliphatic heterocycles. The minimum Gasteiger partial charge on any atom is -0.370 e. The SMILES string of the molecule is Cn1c(CCC(N)=O)cc2cnccc21. The predicted molar refractivity (Wildman–Crippen MR) is 58.2 cm³/mol. The van der Waals surface area contributed by atoms with Gasteiger partial charge >= 0.3 is 0 Å². The molecule has 2 aromatic rings. The van der Waals surface area contributed by atoms with Gasteiger partial charge < -0.3 is 10.3 Å². The Morgan fingerprint density at radius 2 is 2.40 bits per heavy atom. The van der Waals surface area contributed by atoms with Gasteiger partial charge in [0.25, 0.3) is 0 Å². The van der Waals surface area contributed by atoms with Crippen molar-refractivity contribution in [3.63, 3.8) is 0 Å². The highest BCUT2D eigenvalue weighted by atomic mass is 16.1. The van der Waals surface area contributed by atoms with Crippen molar-refractivity contribution in [2.45, 2.75) is 12.8 Å². The van der Waals surface area contributed by atoms with Crippen molar-refractivity contribution in [2.24, 2.45) is 12.8 Å². The van der Waals surface area contributed by atoms with Crippen molar-refractivity contribution in [3.8, 4) is 0 Å². The third-order valence-corrected chi connectivity index (χ3v) is 2.57. The lowest BCUT2D eigenvalue weighted by Crippen LogP contribution is -2.12. The van der Waals surface area contributed by atoms with Crippen LogP contribution in [0.1, 0.15) is 12.1 Å². The van der Waals surface area contributed by atoms with Crippen molar-refractivity contribution in [3.05, 3.63) is 30.2 Å². The zero-order valence-electron chi connectivity index (χ0n) is 8.60. The number of aryl methyl sites for hydroxylation is 2. The van der Waals surface area contributed by atoms with Gasteiger partial charge in [-0.05, 0) is 18.6 Å². The van der Waals surface area contributed by atoms with E-state index in [1.807, 2.05) is 25.4 Å². The highest BCUT2D eigenvalue weighted by molar-refractivity contribution is 5.80. The number of hydrogen-bond acceptors (Lipinski definition) is 2. The normalized spacial score (nSPS) is 10.7. The fourth-order valence-corrected chi connectivity index (χ4v) is 1.74. The molecule has 2 rings (SSSR count). The van der Waals surface area contributed by atoms with Gasteiger partial charge in [-0.15, -0.1) is 0 Å². The first kappa shape index (κ1) is 9.71. The zero-order chi connectivity index (χ0) is 10.8. The number of nitrogens with two attached hydrogens (primary N) is 1. The van der Waals surface area contributed by atoms with Crippen LogP contribution in [0, 0.1) is 0 Å². The Kier molecular flexibility index (Phi) is 2.41. The van der Waals surface area contributed by atoms with Crippen LogP contribution < -0.4 is 5.73 Å².